The predicted molar refractivity (Wildman–Crippen MR) is 65.8 cm³/mol. The maximum Gasteiger partial charge on any atom is 0.335 e. The Morgan fingerprint density at radius 3 is 2.87 bits per heavy atom. The summed E-state index contributed by atoms with van der Waals surface area (Å²) in [5.74, 6) is 2.05. The zero-order valence-corrected chi connectivity index (χ0v) is 10.5. The van der Waals surface area contributed by atoms with Gasteiger partial charge in [0.15, 0.2) is 0 Å². The lowest BCUT2D eigenvalue weighted by molar-refractivity contribution is 0.0697. The van der Waals surface area contributed by atoms with Gasteiger partial charge in [0.1, 0.15) is 0 Å². The molecule has 0 aliphatic carbocycles. The van der Waals surface area contributed by atoms with E-state index in [4.69, 9.17) is 5.11 Å². The molecule has 1 aliphatic heterocycles. The Balaban J connectivity index is 2.29. The van der Waals surface area contributed by atoms with Crippen LogP contribution < -0.4 is 0 Å². The highest BCUT2D eigenvalue weighted by atomic mass is 79.9. The van der Waals surface area contributed by atoms with Crippen LogP contribution in [0.5, 0.6) is 0 Å². The van der Waals surface area contributed by atoms with Crippen molar-refractivity contribution in [1.82, 2.24) is 0 Å². The van der Waals surface area contributed by atoms with Crippen molar-refractivity contribution in [2.45, 2.75) is 12.3 Å². The van der Waals surface area contributed by atoms with E-state index in [1.165, 1.54) is 17.7 Å². The second-order valence-electron chi connectivity index (χ2n) is 3.60. The maximum absolute atomic E-state index is 10.8. The molecule has 0 amide bonds. The standard InChI is InChI=1S/C11H11BrO2S/c12-10-5-7(11(13)14)1-2-9(10)8-3-4-15-6-8/h1-2,5,8H,3-4,6H2,(H,13,14). The minimum Gasteiger partial charge on any atom is -0.478 e. The van der Waals surface area contributed by atoms with Crippen molar-refractivity contribution in [2.24, 2.45) is 0 Å². The van der Waals surface area contributed by atoms with E-state index in [2.05, 4.69) is 15.9 Å². The first-order valence-corrected chi connectivity index (χ1v) is 6.73. The molecule has 1 saturated heterocycles. The summed E-state index contributed by atoms with van der Waals surface area (Å²) >= 11 is 5.41. The monoisotopic (exact) mass is 286 g/mol. The maximum atomic E-state index is 10.8. The van der Waals surface area contributed by atoms with Crippen LogP contribution >= 0.6 is 27.7 Å². The Hall–Kier alpha value is -0.480. The van der Waals surface area contributed by atoms with Gasteiger partial charge in [-0.25, -0.2) is 4.79 Å². The van der Waals surface area contributed by atoms with Gasteiger partial charge in [-0.05, 0) is 35.8 Å². The summed E-state index contributed by atoms with van der Waals surface area (Å²) < 4.78 is 0.926. The van der Waals surface area contributed by atoms with Crippen LogP contribution in [-0.2, 0) is 0 Å². The fourth-order valence-corrected chi connectivity index (χ4v) is 3.72. The Kier molecular flexibility index (Phi) is 3.36. The Morgan fingerprint density at radius 1 is 1.53 bits per heavy atom. The molecule has 1 heterocycles. The first kappa shape index (κ1) is 11.0. The van der Waals surface area contributed by atoms with Crippen LogP contribution in [0.3, 0.4) is 0 Å². The third kappa shape index (κ3) is 2.37. The Labute approximate surface area is 101 Å². The van der Waals surface area contributed by atoms with E-state index in [0.29, 0.717) is 11.5 Å². The molecule has 1 aromatic rings. The number of carbonyl (C=O) groups is 1. The van der Waals surface area contributed by atoms with Crippen molar-refractivity contribution >= 4 is 33.7 Å². The molecule has 0 radical (unpaired) electrons. The summed E-state index contributed by atoms with van der Waals surface area (Å²) in [6.07, 6.45) is 1.19. The molecule has 1 aromatic carbocycles. The first-order chi connectivity index (χ1) is 7.18. The van der Waals surface area contributed by atoms with Gasteiger partial charge in [-0.1, -0.05) is 22.0 Å². The molecule has 0 bridgehead atoms. The van der Waals surface area contributed by atoms with Crippen LogP contribution in [0.15, 0.2) is 22.7 Å². The third-order valence-electron chi connectivity index (χ3n) is 2.62. The van der Waals surface area contributed by atoms with Crippen molar-refractivity contribution < 1.29 is 9.90 Å². The molecule has 2 nitrogen and oxygen atoms in total. The third-order valence-corrected chi connectivity index (χ3v) is 4.47. The van der Waals surface area contributed by atoms with Gasteiger partial charge in [0.25, 0.3) is 0 Å². The number of benzene rings is 1. The lowest BCUT2D eigenvalue weighted by Crippen LogP contribution is -2.01. The number of hydrogen-bond acceptors (Lipinski definition) is 2. The summed E-state index contributed by atoms with van der Waals surface area (Å²) in [5, 5.41) is 8.84. The summed E-state index contributed by atoms with van der Waals surface area (Å²) in [4.78, 5) is 10.8. The number of rotatable bonds is 2. The zero-order valence-electron chi connectivity index (χ0n) is 8.07. The second kappa shape index (κ2) is 4.58. The van der Waals surface area contributed by atoms with Crippen molar-refractivity contribution in [1.29, 1.82) is 0 Å². The van der Waals surface area contributed by atoms with E-state index >= 15 is 0 Å². The highest BCUT2D eigenvalue weighted by molar-refractivity contribution is 9.10. The average molecular weight is 287 g/mol. The van der Waals surface area contributed by atoms with Crippen LogP contribution in [0.1, 0.15) is 28.3 Å². The number of carboxylic acid groups (broad SMARTS) is 1. The summed E-state index contributed by atoms with van der Waals surface area (Å²) in [6, 6.07) is 5.32. The fourth-order valence-electron chi connectivity index (χ4n) is 1.77. The van der Waals surface area contributed by atoms with E-state index < -0.39 is 5.97 Å². The topological polar surface area (TPSA) is 37.3 Å². The molecule has 1 atom stereocenters. The largest absolute Gasteiger partial charge is 0.478 e. The quantitative estimate of drug-likeness (QED) is 0.906. The summed E-state index contributed by atoms with van der Waals surface area (Å²) in [6.45, 7) is 0. The molecule has 1 fully saturated rings. The molecule has 80 valence electrons. The molecule has 0 spiro atoms. The first-order valence-electron chi connectivity index (χ1n) is 4.79. The van der Waals surface area contributed by atoms with Gasteiger partial charge in [0.05, 0.1) is 5.56 Å². The van der Waals surface area contributed by atoms with E-state index in [-0.39, 0.29) is 0 Å². The van der Waals surface area contributed by atoms with E-state index in [1.54, 1.807) is 12.1 Å². The van der Waals surface area contributed by atoms with Gasteiger partial charge in [0.2, 0.25) is 0 Å². The van der Waals surface area contributed by atoms with Gasteiger partial charge in [0, 0.05) is 10.2 Å². The average Bonchev–Trinajstić information content (AvgIpc) is 2.70. The van der Waals surface area contributed by atoms with Crippen molar-refractivity contribution in [2.75, 3.05) is 11.5 Å². The summed E-state index contributed by atoms with van der Waals surface area (Å²) in [7, 11) is 0. The molecule has 15 heavy (non-hydrogen) atoms. The Morgan fingerprint density at radius 2 is 2.33 bits per heavy atom. The Bertz CT molecular complexity index is 386. The molecule has 1 aliphatic rings. The van der Waals surface area contributed by atoms with Gasteiger partial charge < -0.3 is 5.11 Å². The molecule has 2 rings (SSSR count). The molecule has 1 unspecified atom stereocenters. The number of hydrogen-bond donors (Lipinski definition) is 1. The SMILES string of the molecule is O=C(O)c1ccc(C2CCSC2)c(Br)c1. The van der Waals surface area contributed by atoms with Gasteiger partial charge in [-0.3, -0.25) is 0 Å². The number of thioether (sulfide) groups is 1. The van der Waals surface area contributed by atoms with Crippen LogP contribution in [0.4, 0.5) is 0 Å². The predicted octanol–water partition coefficient (Wildman–Crippen LogP) is 3.37. The number of carboxylic acids is 1. The lowest BCUT2D eigenvalue weighted by Gasteiger charge is -2.11. The molecule has 0 saturated carbocycles. The van der Waals surface area contributed by atoms with Crippen molar-refractivity contribution in [3.8, 4) is 0 Å². The zero-order chi connectivity index (χ0) is 10.8. The molecular formula is C11H11BrO2S. The van der Waals surface area contributed by atoms with Crippen LogP contribution in [0.25, 0.3) is 0 Å². The molecule has 1 N–H and O–H groups in total. The number of halogens is 1. The van der Waals surface area contributed by atoms with Crippen molar-refractivity contribution in [3.05, 3.63) is 33.8 Å². The fraction of sp³-hybridized carbons (Fsp3) is 0.364. The van der Waals surface area contributed by atoms with E-state index in [1.807, 2.05) is 17.8 Å². The molecule has 4 heteroatoms. The molecular weight excluding hydrogens is 276 g/mol. The van der Waals surface area contributed by atoms with Gasteiger partial charge in [-0.15, -0.1) is 0 Å². The highest BCUT2D eigenvalue weighted by Crippen LogP contribution is 2.36. The van der Waals surface area contributed by atoms with Gasteiger partial charge >= 0.3 is 5.97 Å². The molecule has 0 aromatic heterocycles. The van der Waals surface area contributed by atoms with Crippen LogP contribution in [0.2, 0.25) is 0 Å². The van der Waals surface area contributed by atoms with Gasteiger partial charge in [-0.2, -0.15) is 11.8 Å². The number of aromatic carboxylic acids is 1. The normalized spacial score (nSPS) is 20.5. The smallest absolute Gasteiger partial charge is 0.335 e. The highest BCUT2D eigenvalue weighted by Gasteiger charge is 2.20. The minimum atomic E-state index is -0.872. The minimum absolute atomic E-state index is 0.344. The van der Waals surface area contributed by atoms with Crippen LogP contribution in [0, 0.1) is 0 Å². The van der Waals surface area contributed by atoms with E-state index in [0.717, 1.165) is 10.2 Å². The lowest BCUT2D eigenvalue weighted by atomic mass is 9.97. The summed E-state index contributed by atoms with van der Waals surface area (Å²) in [5.41, 5.74) is 1.58. The second-order valence-corrected chi connectivity index (χ2v) is 5.61. The van der Waals surface area contributed by atoms with Crippen molar-refractivity contribution in [3.63, 3.8) is 0 Å². The van der Waals surface area contributed by atoms with Crippen LogP contribution in [-0.4, -0.2) is 22.6 Å². The van der Waals surface area contributed by atoms with E-state index in [9.17, 15) is 4.79 Å².